The molecule has 7 heteroatoms. The van der Waals surface area contributed by atoms with Crippen molar-refractivity contribution < 1.29 is 4.79 Å². The number of carbonyl (C=O) groups is 1. The number of nitrogens with one attached hydrogen (secondary N) is 1. The second kappa shape index (κ2) is 8.10. The molecule has 1 aromatic carbocycles. The first kappa shape index (κ1) is 19.8. The van der Waals surface area contributed by atoms with E-state index in [1.165, 1.54) is 0 Å². The number of hydrogen-bond acceptors (Lipinski definition) is 4. The van der Waals surface area contributed by atoms with Crippen LogP contribution in [0.4, 0.5) is 0 Å². The van der Waals surface area contributed by atoms with Gasteiger partial charge in [0.25, 0.3) is 5.91 Å². The number of pyridine rings is 1. The van der Waals surface area contributed by atoms with Gasteiger partial charge in [0.05, 0.1) is 34.2 Å². The Morgan fingerprint density at radius 2 is 1.87 bits per heavy atom. The average molecular weight is 403 g/mol. The second-order valence-electron chi connectivity index (χ2n) is 7.35. The van der Waals surface area contributed by atoms with E-state index >= 15 is 0 Å². The lowest BCUT2D eigenvalue weighted by molar-refractivity contribution is 0.0940. The van der Waals surface area contributed by atoms with Crippen LogP contribution in [0.25, 0.3) is 22.2 Å². The Morgan fingerprint density at radius 1 is 1.10 bits per heavy atom. The zero-order chi connectivity index (χ0) is 21.3. The van der Waals surface area contributed by atoms with Crippen LogP contribution in [-0.2, 0) is 13.1 Å². The van der Waals surface area contributed by atoms with Gasteiger partial charge in [0.15, 0.2) is 0 Å². The number of benzene rings is 1. The van der Waals surface area contributed by atoms with E-state index in [1.54, 1.807) is 0 Å². The van der Waals surface area contributed by atoms with Gasteiger partial charge in [0, 0.05) is 36.4 Å². The lowest BCUT2D eigenvalue weighted by Crippen LogP contribution is -2.27. The van der Waals surface area contributed by atoms with Crippen LogP contribution in [0, 0.1) is 6.92 Å². The molecule has 0 saturated heterocycles. The zero-order valence-corrected chi connectivity index (χ0v) is 17.8. The predicted octanol–water partition coefficient (Wildman–Crippen LogP) is 4.13. The first-order valence-electron chi connectivity index (χ1n) is 10.3. The number of hydrogen-bond donors (Lipinski definition) is 1. The van der Waals surface area contributed by atoms with Gasteiger partial charge in [-0.25, -0.2) is 4.98 Å². The van der Waals surface area contributed by atoms with Gasteiger partial charge in [-0.1, -0.05) is 18.2 Å². The molecule has 4 rings (SSSR count). The van der Waals surface area contributed by atoms with Gasteiger partial charge in [-0.05, 0) is 45.9 Å². The molecule has 0 aliphatic heterocycles. The molecule has 0 aliphatic rings. The molecule has 1 atom stereocenters. The van der Waals surface area contributed by atoms with Crippen molar-refractivity contribution in [1.29, 1.82) is 0 Å². The van der Waals surface area contributed by atoms with Crippen LogP contribution >= 0.6 is 0 Å². The molecule has 154 valence electrons. The van der Waals surface area contributed by atoms with Crippen LogP contribution in [0.5, 0.6) is 0 Å². The summed E-state index contributed by atoms with van der Waals surface area (Å²) in [7, 11) is 0. The summed E-state index contributed by atoms with van der Waals surface area (Å²) in [6.07, 6.45) is 3.90. The maximum absolute atomic E-state index is 13.3. The molecular formula is C23H26N6O. The van der Waals surface area contributed by atoms with E-state index in [0.29, 0.717) is 5.56 Å². The fourth-order valence-corrected chi connectivity index (χ4v) is 3.57. The summed E-state index contributed by atoms with van der Waals surface area (Å²) >= 11 is 0. The lowest BCUT2D eigenvalue weighted by atomic mass is 10.0. The Labute approximate surface area is 175 Å². The normalized spacial score (nSPS) is 12.3. The summed E-state index contributed by atoms with van der Waals surface area (Å²) in [6.45, 7) is 9.56. The highest BCUT2D eigenvalue weighted by molar-refractivity contribution is 6.07. The number of aromatic nitrogens is 5. The first-order chi connectivity index (χ1) is 14.5. The highest BCUT2D eigenvalue weighted by atomic mass is 16.1. The largest absolute Gasteiger partial charge is 0.344 e. The minimum absolute atomic E-state index is 0.145. The Kier molecular flexibility index (Phi) is 5.35. The molecule has 3 aromatic heterocycles. The van der Waals surface area contributed by atoms with E-state index in [0.717, 1.165) is 46.6 Å². The molecule has 1 amide bonds. The minimum atomic E-state index is -0.203. The van der Waals surface area contributed by atoms with Crippen LogP contribution in [0.3, 0.4) is 0 Å². The van der Waals surface area contributed by atoms with Gasteiger partial charge in [-0.2, -0.15) is 10.2 Å². The fourth-order valence-electron chi connectivity index (χ4n) is 3.57. The number of nitrogens with zero attached hydrogens (tertiary/aromatic N) is 5. The molecule has 3 heterocycles. The quantitative estimate of drug-likeness (QED) is 0.526. The summed E-state index contributed by atoms with van der Waals surface area (Å²) < 4.78 is 3.74. The van der Waals surface area contributed by atoms with E-state index in [1.807, 2.05) is 85.9 Å². The SMILES string of the molecule is CCn1ccc(C(C)NC(=O)c2cc(-c3cn(CC)nc3C)nc3ccccc23)n1. The van der Waals surface area contributed by atoms with Gasteiger partial charge in [-0.15, -0.1) is 0 Å². The Balaban J connectivity index is 1.73. The number of rotatable bonds is 6. The molecule has 0 aliphatic carbocycles. The van der Waals surface area contributed by atoms with E-state index in [4.69, 9.17) is 4.98 Å². The third-order valence-corrected chi connectivity index (χ3v) is 5.28. The van der Waals surface area contributed by atoms with Crippen molar-refractivity contribution in [3.8, 4) is 11.3 Å². The molecule has 1 N–H and O–H groups in total. The number of fused-ring (bicyclic) bond motifs is 1. The molecular weight excluding hydrogens is 376 g/mol. The Morgan fingerprint density at radius 3 is 2.57 bits per heavy atom. The summed E-state index contributed by atoms with van der Waals surface area (Å²) in [5.41, 5.74) is 4.80. The number of aryl methyl sites for hydroxylation is 3. The molecule has 0 bridgehead atoms. The molecule has 30 heavy (non-hydrogen) atoms. The van der Waals surface area contributed by atoms with Gasteiger partial charge < -0.3 is 5.32 Å². The van der Waals surface area contributed by atoms with Crippen molar-refractivity contribution in [2.45, 2.75) is 46.8 Å². The maximum Gasteiger partial charge on any atom is 0.252 e. The average Bonchev–Trinajstić information content (AvgIpc) is 3.39. The van der Waals surface area contributed by atoms with Gasteiger partial charge in [0.1, 0.15) is 0 Å². The van der Waals surface area contributed by atoms with Crippen molar-refractivity contribution in [2.75, 3.05) is 0 Å². The van der Waals surface area contributed by atoms with E-state index < -0.39 is 0 Å². The van der Waals surface area contributed by atoms with Crippen molar-refractivity contribution in [3.63, 3.8) is 0 Å². The lowest BCUT2D eigenvalue weighted by Gasteiger charge is -2.14. The molecule has 0 radical (unpaired) electrons. The molecule has 1 unspecified atom stereocenters. The second-order valence-corrected chi connectivity index (χ2v) is 7.35. The van der Waals surface area contributed by atoms with Gasteiger partial charge in [0.2, 0.25) is 0 Å². The topological polar surface area (TPSA) is 77.6 Å². The molecule has 0 saturated carbocycles. The van der Waals surface area contributed by atoms with Crippen LogP contribution in [0.2, 0.25) is 0 Å². The standard InChI is InChI=1S/C23H26N6O/c1-5-28-12-11-20(27-28)16(4)24-23(30)18-13-22(19-14-29(6-2)26-15(19)3)25-21-10-8-7-9-17(18)21/h7-14,16H,5-6H2,1-4H3,(H,24,30). The monoisotopic (exact) mass is 402 g/mol. The van der Waals surface area contributed by atoms with Gasteiger partial charge >= 0.3 is 0 Å². The first-order valence-corrected chi connectivity index (χ1v) is 10.3. The summed E-state index contributed by atoms with van der Waals surface area (Å²) in [5.74, 6) is -0.145. The van der Waals surface area contributed by atoms with Crippen LogP contribution in [0.1, 0.15) is 48.6 Å². The molecule has 0 fully saturated rings. The number of amides is 1. The third kappa shape index (κ3) is 3.70. The van der Waals surface area contributed by atoms with Gasteiger partial charge in [-0.3, -0.25) is 14.2 Å². The smallest absolute Gasteiger partial charge is 0.252 e. The van der Waals surface area contributed by atoms with E-state index in [9.17, 15) is 4.79 Å². The zero-order valence-electron chi connectivity index (χ0n) is 17.8. The summed E-state index contributed by atoms with van der Waals surface area (Å²) in [5, 5.41) is 12.9. The minimum Gasteiger partial charge on any atom is -0.344 e. The van der Waals surface area contributed by atoms with Crippen molar-refractivity contribution in [3.05, 3.63) is 65.7 Å². The van der Waals surface area contributed by atoms with Crippen molar-refractivity contribution in [2.24, 2.45) is 0 Å². The van der Waals surface area contributed by atoms with Crippen LogP contribution in [0.15, 0.2) is 48.8 Å². The molecule has 4 aromatic rings. The van der Waals surface area contributed by atoms with E-state index in [-0.39, 0.29) is 11.9 Å². The highest BCUT2D eigenvalue weighted by Crippen LogP contribution is 2.27. The maximum atomic E-state index is 13.3. The predicted molar refractivity (Wildman–Crippen MR) is 117 cm³/mol. The summed E-state index contributed by atoms with van der Waals surface area (Å²) in [4.78, 5) is 18.1. The molecule has 0 spiro atoms. The van der Waals surface area contributed by atoms with Crippen molar-refractivity contribution >= 4 is 16.8 Å². The fraction of sp³-hybridized carbons (Fsp3) is 0.304. The summed E-state index contributed by atoms with van der Waals surface area (Å²) in [6, 6.07) is 11.3. The van der Waals surface area contributed by atoms with E-state index in [2.05, 4.69) is 15.5 Å². The third-order valence-electron chi connectivity index (χ3n) is 5.28. The Hall–Kier alpha value is -3.48. The van der Waals surface area contributed by atoms with Crippen LogP contribution in [-0.4, -0.2) is 30.5 Å². The number of para-hydroxylation sites is 1. The van der Waals surface area contributed by atoms with Crippen molar-refractivity contribution in [1.82, 2.24) is 29.9 Å². The number of carbonyl (C=O) groups excluding carboxylic acids is 1. The molecule has 7 nitrogen and oxygen atoms in total. The van der Waals surface area contributed by atoms with Crippen LogP contribution < -0.4 is 5.32 Å². The highest BCUT2D eigenvalue weighted by Gasteiger charge is 2.19. The Bertz CT molecular complexity index is 1210.